The van der Waals surface area contributed by atoms with Crippen LogP contribution in [0.4, 0.5) is 4.39 Å². The van der Waals surface area contributed by atoms with Gasteiger partial charge >= 0.3 is 0 Å². The Hall–Kier alpha value is -2.20. The van der Waals surface area contributed by atoms with Crippen LogP contribution in [0.3, 0.4) is 0 Å². The second-order valence-electron chi connectivity index (χ2n) is 7.68. The Bertz CT molecular complexity index is 755. The van der Waals surface area contributed by atoms with Crippen LogP contribution in [0.5, 0.6) is 0 Å². The lowest BCUT2D eigenvalue weighted by Crippen LogP contribution is -2.72. The van der Waals surface area contributed by atoms with Crippen molar-refractivity contribution in [3.05, 3.63) is 71.0 Å². The van der Waals surface area contributed by atoms with Crippen LogP contribution in [-0.2, 0) is 17.8 Å². The van der Waals surface area contributed by atoms with Crippen molar-refractivity contribution in [1.29, 1.82) is 0 Å². The van der Waals surface area contributed by atoms with Crippen molar-refractivity contribution >= 4 is 5.91 Å². The van der Waals surface area contributed by atoms with Gasteiger partial charge in [-0.2, -0.15) is 0 Å². The van der Waals surface area contributed by atoms with Crippen molar-refractivity contribution in [2.24, 2.45) is 5.41 Å². The van der Waals surface area contributed by atoms with Gasteiger partial charge in [-0.1, -0.05) is 42.0 Å². The van der Waals surface area contributed by atoms with Crippen LogP contribution in [0.1, 0.15) is 16.7 Å². The molecule has 1 amide bonds. The summed E-state index contributed by atoms with van der Waals surface area (Å²) in [6.45, 7) is 6.96. The van der Waals surface area contributed by atoms with Gasteiger partial charge in [0.2, 0.25) is 5.91 Å². The van der Waals surface area contributed by atoms with Gasteiger partial charge in [0.05, 0.1) is 6.42 Å². The quantitative estimate of drug-likeness (QED) is 0.856. The lowest BCUT2D eigenvalue weighted by molar-refractivity contribution is -0.159. The number of likely N-dealkylation sites (tertiary alicyclic amines) is 2. The summed E-state index contributed by atoms with van der Waals surface area (Å²) in [4.78, 5) is 16.7. The van der Waals surface area contributed by atoms with Gasteiger partial charge in [0.1, 0.15) is 5.82 Å². The molecule has 2 heterocycles. The number of aryl methyl sites for hydroxylation is 1. The van der Waals surface area contributed by atoms with E-state index in [0.29, 0.717) is 11.8 Å². The highest BCUT2D eigenvalue weighted by molar-refractivity contribution is 5.79. The Kier molecular flexibility index (Phi) is 4.08. The molecule has 2 aromatic carbocycles. The molecule has 0 atom stereocenters. The van der Waals surface area contributed by atoms with E-state index in [9.17, 15) is 9.18 Å². The smallest absolute Gasteiger partial charge is 0.227 e. The Labute approximate surface area is 148 Å². The fourth-order valence-corrected chi connectivity index (χ4v) is 3.99. The fourth-order valence-electron chi connectivity index (χ4n) is 3.99. The fraction of sp³-hybridized carbons (Fsp3) is 0.381. The topological polar surface area (TPSA) is 23.6 Å². The van der Waals surface area contributed by atoms with Crippen LogP contribution >= 0.6 is 0 Å². The average Bonchev–Trinajstić information content (AvgIpc) is 2.52. The Balaban J connectivity index is 1.23. The molecule has 0 unspecified atom stereocenters. The summed E-state index contributed by atoms with van der Waals surface area (Å²) >= 11 is 0. The zero-order valence-corrected chi connectivity index (χ0v) is 14.5. The maximum absolute atomic E-state index is 12.9. The third-order valence-corrected chi connectivity index (χ3v) is 5.32. The zero-order valence-electron chi connectivity index (χ0n) is 14.5. The van der Waals surface area contributed by atoms with Crippen LogP contribution in [0.25, 0.3) is 0 Å². The van der Waals surface area contributed by atoms with E-state index in [2.05, 4.69) is 36.1 Å². The number of rotatable bonds is 4. The lowest BCUT2D eigenvalue weighted by atomic mass is 9.72. The van der Waals surface area contributed by atoms with Gasteiger partial charge in [0.25, 0.3) is 0 Å². The van der Waals surface area contributed by atoms with Crippen molar-refractivity contribution in [2.45, 2.75) is 19.9 Å². The van der Waals surface area contributed by atoms with Gasteiger partial charge < -0.3 is 4.90 Å². The molecule has 0 aliphatic carbocycles. The maximum atomic E-state index is 12.9. The molecular formula is C21H23FN2O. The molecule has 0 aromatic heterocycles. The summed E-state index contributed by atoms with van der Waals surface area (Å²) < 4.78 is 12.9. The second-order valence-corrected chi connectivity index (χ2v) is 7.68. The third kappa shape index (κ3) is 3.45. The van der Waals surface area contributed by atoms with Crippen molar-refractivity contribution in [3.63, 3.8) is 0 Å². The molecule has 2 saturated heterocycles. The van der Waals surface area contributed by atoms with E-state index in [4.69, 9.17) is 0 Å². The molecule has 0 saturated carbocycles. The number of carbonyl (C=O) groups is 1. The van der Waals surface area contributed by atoms with E-state index in [0.717, 1.165) is 38.3 Å². The molecule has 4 rings (SSSR count). The van der Waals surface area contributed by atoms with Crippen LogP contribution < -0.4 is 0 Å². The lowest BCUT2D eigenvalue weighted by Gasteiger charge is -2.60. The molecule has 25 heavy (non-hydrogen) atoms. The molecule has 3 nitrogen and oxygen atoms in total. The van der Waals surface area contributed by atoms with Gasteiger partial charge in [-0.05, 0) is 30.2 Å². The number of carbonyl (C=O) groups excluding carboxylic acids is 1. The number of nitrogens with zero attached hydrogens (tertiary/aromatic N) is 2. The summed E-state index contributed by atoms with van der Waals surface area (Å²) in [5.41, 5.74) is 3.83. The normalized spacial score (nSPS) is 18.7. The number of hydrogen-bond acceptors (Lipinski definition) is 2. The first-order valence-electron chi connectivity index (χ1n) is 8.82. The number of amides is 1. The molecule has 0 radical (unpaired) electrons. The van der Waals surface area contributed by atoms with Crippen LogP contribution in [0.2, 0.25) is 0 Å². The summed E-state index contributed by atoms with van der Waals surface area (Å²) in [6.07, 6.45) is 0.365. The highest BCUT2D eigenvalue weighted by atomic mass is 19.1. The van der Waals surface area contributed by atoms with Gasteiger partial charge in [0, 0.05) is 38.1 Å². The molecule has 1 spiro atoms. The molecule has 2 aromatic rings. The van der Waals surface area contributed by atoms with Crippen LogP contribution in [-0.4, -0.2) is 41.9 Å². The van der Waals surface area contributed by atoms with Gasteiger partial charge in [0.15, 0.2) is 0 Å². The number of halogens is 1. The van der Waals surface area contributed by atoms with E-state index >= 15 is 0 Å². The SMILES string of the molecule is Cc1ccc(CN2CC3(C2)CN(C(=O)Cc2ccc(F)cc2)C3)cc1. The minimum absolute atomic E-state index is 0.147. The van der Waals surface area contributed by atoms with E-state index in [-0.39, 0.29) is 11.7 Å². The summed E-state index contributed by atoms with van der Waals surface area (Å²) in [7, 11) is 0. The first kappa shape index (κ1) is 16.3. The van der Waals surface area contributed by atoms with E-state index in [1.807, 2.05) is 4.90 Å². The minimum atomic E-state index is -0.262. The number of hydrogen-bond donors (Lipinski definition) is 0. The maximum Gasteiger partial charge on any atom is 0.227 e. The van der Waals surface area contributed by atoms with Gasteiger partial charge in [-0.3, -0.25) is 9.69 Å². The van der Waals surface area contributed by atoms with Gasteiger partial charge in [-0.15, -0.1) is 0 Å². The Morgan fingerprint density at radius 1 is 0.960 bits per heavy atom. The summed E-state index contributed by atoms with van der Waals surface area (Å²) in [5, 5.41) is 0. The monoisotopic (exact) mass is 338 g/mol. The summed E-state index contributed by atoms with van der Waals surface area (Å²) in [6, 6.07) is 14.9. The Morgan fingerprint density at radius 3 is 2.20 bits per heavy atom. The largest absolute Gasteiger partial charge is 0.341 e. The standard InChI is InChI=1S/C21H23FN2O/c1-16-2-4-18(5-3-16)11-23-12-21(13-23)14-24(15-21)20(25)10-17-6-8-19(22)9-7-17/h2-9H,10-15H2,1H3. The average molecular weight is 338 g/mol. The molecular weight excluding hydrogens is 315 g/mol. The predicted octanol–water partition coefficient (Wildman–Crippen LogP) is 3.02. The molecule has 0 bridgehead atoms. The van der Waals surface area contributed by atoms with E-state index in [1.165, 1.54) is 23.3 Å². The van der Waals surface area contributed by atoms with Crippen molar-refractivity contribution < 1.29 is 9.18 Å². The molecule has 2 aliphatic rings. The van der Waals surface area contributed by atoms with E-state index < -0.39 is 0 Å². The number of benzene rings is 2. The third-order valence-electron chi connectivity index (χ3n) is 5.32. The predicted molar refractivity (Wildman–Crippen MR) is 95.6 cm³/mol. The zero-order chi connectivity index (χ0) is 17.4. The molecule has 130 valence electrons. The first-order valence-corrected chi connectivity index (χ1v) is 8.82. The second kappa shape index (κ2) is 6.26. The molecule has 4 heteroatoms. The van der Waals surface area contributed by atoms with Crippen LogP contribution in [0.15, 0.2) is 48.5 Å². The van der Waals surface area contributed by atoms with Crippen molar-refractivity contribution in [1.82, 2.24) is 9.80 Å². The molecule has 2 fully saturated rings. The summed E-state index contributed by atoms with van der Waals surface area (Å²) in [5.74, 6) is -0.114. The van der Waals surface area contributed by atoms with Crippen molar-refractivity contribution in [3.8, 4) is 0 Å². The van der Waals surface area contributed by atoms with Gasteiger partial charge in [-0.25, -0.2) is 4.39 Å². The highest BCUT2D eigenvalue weighted by Gasteiger charge is 2.52. The molecule has 0 N–H and O–H groups in total. The minimum Gasteiger partial charge on any atom is -0.341 e. The first-order chi connectivity index (χ1) is 12.0. The Morgan fingerprint density at radius 2 is 1.56 bits per heavy atom. The molecule has 2 aliphatic heterocycles. The van der Waals surface area contributed by atoms with Crippen LogP contribution in [0, 0.1) is 18.2 Å². The van der Waals surface area contributed by atoms with E-state index in [1.54, 1.807) is 12.1 Å². The highest BCUT2D eigenvalue weighted by Crippen LogP contribution is 2.40. The van der Waals surface area contributed by atoms with Crippen molar-refractivity contribution in [2.75, 3.05) is 26.2 Å².